The van der Waals surface area contributed by atoms with Gasteiger partial charge in [0, 0.05) is 26.2 Å². The van der Waals surface area contributed by atoms with Gasteiger partial charge in [0.05, 0.1) is 0 Å². The van der Waals surface area contributed by atoms with E-state index in [0.717, 1.165) is 37.5 Å². The summed E-state index contributed by atoms with van der Waals surface area (Å²) < 4.78 is 13.1. The summed E-state index contributed by atoms with van der Waals surface area (Å²) in [6.07, 6.45) is 1.90. The average Bonchev–Trinajstić information content (AvgIpc) is 2.48. The van der Waals surface area contributed by atoms with E-state index in [9.17, 15) is 4.39 Å². The van der Waals surface area contributed by atoms with Gasteiger partial charge in [-0.05, 0) is 50.6 Å². The van der Waals surface area contributed by atoms with E-state index in [1.807, 2.05) is 6.07 Å². The summed E-state index contributed by atoms with van der Waals surface area (Å²) in [5.41, 5.74) is 0.985. The van der Waals surface area contributed by atoms with Crippen LogP contribution >= 0.6 is 24.0 Å². The molecule has 1 aromatic carbocycles. The molecule has 1 aromatic rings. The third kappa shape index (κ3) is 9.42. The molecule has 0 heterocycles. The van der Waals surface area contributed by atoms with Crippen LogP contribution in [0.15, 0.2) is 29.3 Å². The Hall–Kier alpha value is -0.890. The Morgan fingerprint density at radius 1 is 1.25 bits per heavy atom. The molecule has 0 saturated carbocycles. The maximum Gasteiger partial charge on any atom is 0.191 e. The molecule has 0 saturated heterocycles. The average molecular weight is 450 g/mol. The smallest absolute Gasteiger partial charge is 0.191 e. The topological polar surface area (TPSA) is 39.7 Å². The van der Waals surface area contributed by atoms with Crippen molar-refractivity contribution in [2.45, 2.75) is 32.7 Å². The molecule has 0 aliphatic carbocycles. The number of halogens is 2. The SMILES string of the molecule is CN=C(NCCc1cccc(F)c1)NCC(CC(C)C)N(C)C.I. The fourth-order valence-corrected chi connectivity index (χ4v) is 2.47. The molecular weight excluding hydrogens is 418 g/mol. The molecule has 1 atom stereocenters. The molecule has 1 rings (SSSR count). The van der Waals surface area contributed by atoms with E-state index in [-0.39, 0.29) is 29.8 Å². The Morgan fingerprint density at radius 2 is 1.96 bits per heavy atom. The van der Waals surface area contributed by atoms with Gasteiger partial charge in [-0.15, -0.1) is 24.0 Å². The zero-order valence-electron chi connectivity index (χ0n) is 15.5. The van der Waals surface area contributed by atoms with E-state index in [0.29, 0.717) is 12.0 Å². The van der Waals surface area contributed by atoms with Gasteiger partial charge < -0.3 is 15.5 Å². The summed E-state index contributed by atoms with van der Waals surface area (Å²) in [5.74, 6) is 1.26. The third-order valence-corrected chi connectivity index (χ3v) is 3.80. The van der Waals surface area contributed by atoms with E-state index in [1.54, 1.807) is 19.2 Å². The molecule has 6 heteroatoms. The first-order valence-corrected chi connectivity index (χ1v) is 8.27. The third-order valence-electron chi connectivity index (χ3n) is 3.80. The van der Waals surface area contributed by atoms with E-state index in [2.05, 4.69) is 48.5 Å². The zero-order chi connectivity index (χ0) is 17.2. The molecule has 0 aliphatic rings. The van der Waals surface area contributed by atoms with Crippen LogP contribution in [-0.2, 0) is 6.42 Å². The largest absolute Gasteiger partial charge is 0.356 e. The van der Waals surface area contributed by atoms with Gasteiger partial charge in [0.25, 0.3) is 0 Å². The Kier molecular flexibility index (Phi) is 12.0. The highest BCUT2D eigenvalue weighted by atomic mass is 127. The molecule has 1 unspecified atom stereocenters. The van der Waals surface area contributed by atoms with E-state index >= 15 is 0 Å². The Labute approximate surface area is 163 Å². The van der Waals surface area contributed by atoms with Gasteiger partial charge in [-0.25, -0.2) is 4.39 Å². The maximum absolute atomic E-state index is 13.1. The summed E-state index contributed by atoms with van der Waals surface area (Å²) in [5, 5.41) is 6.66. The number of nitrogens with one attached hydrogen (secondary N) is 2. The van der Waals surface area contributed by atoms with Crippen molar-refractivity contribution in [2.24, 2.45) is 10.9 Å². The first kappa shape index (κ1) is 23.1. The van der Waals surface area contributed by atoms with E-state index in [4.69, 9.17) is 0 Å². The summed E-state index contributed by atoms with van der Waals surface area (Å²) >= 11 is 0. The zero-order valence-corrected chi connectivity index (χ0v) is 17.8. The molecule has 0 spiro atoms. The second-order valence-electron chi connectivity index (χ2n) is 6.51. The van der Waals surface area contributed by atoms with Crippen LogP contribution in [0.25, 0.3) is 0 Å². The second-order valence-corrected chi connectivity index (χ2v) is 6.51. The number of nitrogens with zero attached hydrogens (tertiary/aromatic N) is 2. The molecule has 0 fully saturated rings. The highest BCUT2D eigenvalue weighted by Crippen LogP contribution is 2.08. The fourth-order valence-electron chi connectivity index (χ4n) is 2.47. The van der Waals surface area contributed by atoms with Crippen molar-refractivity contribution in [1.82, 2.24) is 15.5 Å². The summed E-state index contributed by atoms with van der Waals surface area (Å²) in [7, 11) is 5.98. The summed E-state index contributed by atoms with van der Waals surface area (Å²) in [4.78, 5) is 6.49. The van der Waals surface area contributed by atoms with Crippen LogP contribution < -0.4 is 10.6 Å². The molecule has 138 valence electrons. The minimum atomic E-state index is -0.187. The lowest BCUT2D eigenvalue weighted by molar-refractivity contribution is 0.254. The Bertz CT molecular complexity index is 492. The van der Waals surface area contributed by atoms with Gasteiger partial charge in [-0.1, -0.05) is 26.0 Å². The van der Waals surface area contributed by atoms with Gasteiger partial charge in [0.15, 0.2) is 5.96 Å². The Balaban J connectivity index is 0.00000529. The van der Waals surface area contributed by atoms with Gasteiger partial charge in [0.1, 0.15) is 5.82 Å². The van der Waals surface area contributed by atoms with Crippen LogP contribution in [0.4, 0.5) is 4.39 Å². The highest BCUT2D eigenvalue weighted by molar-refractivity contribution is 14.0. The Morgan fingerprint density at radius 3 is 2.50 bits per heavy atom. The lowest BCUT2D eigenvalue weighted by Gasteiger charge is -2.27. The summed E-state index contributed by atoms with van der Waals surface area (Å²) in [6.45, 7) is 6.05. The number of guanidine groups is 1. The van der Waals surface area contributed by atoms with Crippen molar-refractivity contribution in [1.29, 1.82) is 0 Å². The van der Waals surface area contributed by atoms with E-state index in [1.165, 1.54) is 6.07 Å². The standard InChI is InChI=1S/C18H31FN4.HI/c1-14(2)11-17(23(4)5)13-22-18(20-3)21-10-9-15-7-6-8-16(19)12-15;/h6-8,12,14,17H,9-11,13H2,1-5H3,(H2,20,21,22);1H. The van der Waals surface area contributed by atoms with Crippen LogP contribution in [0.3, 0.4) is 0 Å². The van der Waals surface area contributed by atoms with Crippen LogP contribution in [0.2, 0.25) is 0 Å². The number of rotatable bonds is 8. The molecule has 0 aliphatic heterocycles. The van der Waals surface area contributed by atoms with Crippen molar-refractivity contribution in [3.8, 4) is 0 Å². The minimum absolute atomic E-state index is 0. The number of hydrogen-bond donors (Lipinski definition) is 2. The quantitative estimate of drug-likeness (QED) is 0.363. The van der Waals surface area contributed by atoms with Gasteiger partial charge in [-0.3, -0.25) is 4.99 Å². The van der Waals surface area contributed by atoms with Crippen LogP contribution in [0.5, 0.6) is 0 Å². The van der Waals surface area contributed by atoms with E-state index < -0.39 is 0 Å². The molecule has 0 radical (unpaired) electrons. The molecule has 0 bridgehead atoms. The normalized spacial score (nSPS) is 12.9. The maximum atomic E-state index is 13.1. The first-order valence-electron chi connectivity index (χ1n) is 8.27. The van der Waals surface area contributed by atoms with Crippen molar-refractivity contribution < 1.29 is 4.39 Å². The predicted octanol–water partition coefficient (Wildman–Crippen LogP) is 3.13. The highest BCUT2D eigenvalue weighted by Gasteiger charge is 2.13. The van der Waals surface area contributed by atoms with Gasteiger partial charge in [0.2, 0.25) is 0 Å². The molecular formula is C18H32FIN4. The van der Waals surface area contributed by atoms with Crippen LogP contribution in [0.1, 0.15) is 25.8 Å². The van der Waals surface area contributed by atoms with Crippen molar-refractivity contribution in [3.05, 3.63) is 35.6 Å². The van der Waals surface area contributed by atoms with Crippen LogP contribution in [0, 0.1) is 11.7 Å². The number of aliphatic imine (C=N–C) groups is 1. The molecule has 24 heavy (non-hydrogen) atoms. The first-order chi connectivity index (χ1) is 10.9. The number of hydrogen-bond acceptors (Lipinski definition) is 2. The van der Waals surface area contributed by atoms with Crippen molar-refractivity contribution >= 4 is 29.9 Å². The van der Waals surface area contributed by atoms with Crippen LogP contribution in [-0.4, -0.2) is 51.1 Å². The lowest BCUT2D eigenvalue weighted by Crippen LogP contribution is -2.45. The fraction of sp³-hybridized carbons (Fsp3) is 0.611. The minimum Gasteiger partial charge on any atom is -0.356 e. The van der Waals surface area contributed by atoms with Crippen molar-refractivity contribution in [2.75, 3.05) is 34.2 Å². The summed E-state index contributed by atoms with van der Waals surface area (Å²) in [6, 6.07) is 7.18. The monoisotopic (exact) mass is 450 g/mol. The predicted molar refractivity (Wildman–Crippen MR) is 112 cm³/mol. The van der Waals surface area contributed by atoms with Gasteiger partial charge >= 0.3 is 0 Å². The molecule has 2 N–H and O–H groups in total. The number of likely N-dealkylation sites (N-methyl/N-ethyl adjacent to an activating group) is 1. The molecule has 4 nitrogen and oxygen atoms in total. The molecule has 0 aromatic heterocycles. The second kappa shape index (κ2) is 12.5. The lowest BCUT2D eigenvalue weighted by atomic mass is 10.0. The van der Waals surface area contributed by atoms with Crippen molar-refractivity contribution in [3.63, 3.8) is 0 Å². The molecule has 0 amide bonds. The number of benzene rings is 1. The van der Waals surface area contributed by atoms with Gasteiger partial charge in [-0.2, -0.15) is 0 Å².